The number of aliphatic hydroxyl groups is 1. The highest BCUT2D eigenvalue weighted by molar-refractivity contribution is 7.17. The van der Waals surface area contributed by atoms with E-state index in [0.29, 0.717) is 33.6 Å². The summed E-state index contributed by atoms with van der Waals surface area (Å²) >= 11 is 1.23. The second-order valence-electron chi connectivity index (χ2n) is 7.93. The highest BCUT2D eigenvalue weighted by atomic mass is 32.1. The van der Waals surface area contributed by atoms with Crippen molar-refractivity contribution in [2.45, 2.75) is 32.6 Å². The van der Waals surface area contributed by atoms with E-state index in [1.54, 1.807) is 6.92 Å². The van der Waals surface area contributed by atoms with Gasteiger partial charge in [-0.05, 0) is 26.0 Å². The first-order chi connectivity index (χ1) is 16.4. The van der Waals surface area contributed by atoms with E-state index in [0.717, 1.165) is 0 Å². The lowest BCUT2D eigenvalue weighted by Crippen LogP contribution is -2.27. The van der Waals surface area contributed by atoms with E-state index >= 15 is 0 Å². The fourth-order valence-corrected chi connectivity index (χ4v) is 5.13. The molecule has 9 nitrogen and oxygen atoms in total. The molecule has 2 aliphatic rings. The van der Waals surface area contributed by atoms with Crippen LogP contribution in [0.1, 0.15) is 53.0 Å². The van der Waals surface area contributed by atoms with E-state index in [1.807, 2.05) is 6.92 Å². The molecule has 0 unspecified atom stereocenters. The minimum atomic E-state index is -0.753. The Balaban J connectivity index is 1.75. The molecule has 4 heterocycles. The number of hydrogen-bond donors (Lipinski definition) is 2. The van der Waals surface area contributed by atoms with E-state index in [2.05, 4.69) is 20.4 Å². The molecule has 1 aromatic carbocycles. The van der Waals surface area contributed by atoms with Gasteiger partial charge in [-0.15, -0.1) is 5.10 Å². The van der Waals surface area contributed by atoms with E-state index in [9.17, 15) is 13.6 Å². The highest BCUT2D eigenvalue weighted by Crippen LogP contribution is 2.44. The molecule has 2 aromatic heterocycles. The van der Waals surface area contributed by atoms with E-state index in [-0.39, 0.29) is 43.0 Å². The summed E-state index contributed by atoms with van der Waals surface area (Å²) in [5.74, 6) is -1.84. The molecule has 3 aromatic rings. The van der Waals surface area contributed by atoms with Crippen LogP contribution in [-0.4, -0.2) is 57.4 Å². The number of fused-ring (bicyclic) bond motifs is 5. The largest absolute Gasteiger partial charge is 0.478 e. The van der Waals surface area contributed by atoms with Crippen LogP contribution >= 0.6 is 11.3 Å². The Labute approximate surface area is 197 Å². The van der Waals surface area contributed by atoms with Gasteiger partial charge in [-0.2, -0.15) is 0 Å². The van der Waals surface area contributed by atoms with Crippen LogP contribution in [-0.2, 0) is 11.3 Å². The molecule has 0 spiro atoms. The zero-order valence-corrected chi connectivity index (χ0v) is 19.2. The van der Waals surface area contributed by atoms with Crippen LogP contribution in [0.2, 0.25) is 0 Å². The zero-order valence-electron chi connectivity index (χ0n) is 18.3. The normalized spacial score (nSPS) is 19.1. The molecule has 2 atom stereocenters. The van der Waals surface area contributed by atoms with Crippen molar-refractivity contribution in [1.29, 1.82) is 0 Å². The first kappa shape index (κ1) is 22.6. The molecule has 1 amide bonds. The Bertz CT molecular complexity index is 1280. The third-order valence-electron chi connectivity index (χ3n) is 5.42. The van der Waals surface area contributed by atoms with Crippen LogP contribution in [0.4, 0.5) is 8.78 Å². The molecular weight excluding hydrogens is 468 g/mol. The monoisotopic (exact) mass is 489 g/mol. The summed E-state index contributed by atoms with van der Waals surface area (Å²) in [6, 6.07) is 2.97. The molecule has 0 aliphatic carbocycles. The smallest absolute Gasteiger partial charge is 0.291 e. The summed E-state index contributed by atoms with van der Waals surface area (Å²) in [6.45, 7) is 3.90. The lowest BCUT2D eigenvalue weighted by molar-refractivity contribution is 0.0691. The number of nitrogens with zero attached hydrogens (tertiary/aromatic N) is 4. The van der Waals surface area contributed by atoms with Crippen molar-refractivity contribution in [3.8, 4) is 10.1 Å². The Kier molecular flexibility index (Phi) is 5.88. The first-order valence-corrected chi connectivity index (χ1v) is 11.5. The predicted molar refractivity (Wildman–Crippen MR) is 119 cm³/mol. The maximum absolute atomic E-state index is 14.9. The highest BCUT2D eigenvalue weighted by Gasteiger charge is 2.36. The SMILES string of the molecule is C[C@@H]1N=C(c2c(F)cccc2F)c2c(sc3c2COC[C@H](C)O3)-n2nc(C(=O)NCCO)nc21. The fraction of sp³-hybridized carbons (Fsp3) is 0.364. The number of ether oxygens (including phenoxy) is 2. The molecule has 34 heavy (non-hydrogen) atoms. The second kappa shape index (κ2) is 8.85. The van der Waals surface area contributed by atoms with E-state index in [4.69, 9.17) is 14.6 Å². The molecule has 178 valence electrons. The van der Waals surface area contributed by atoms with Gasteiger partial charge in [-0.1, -0.05) is 17.4 Å². The number of hydrogen-bond acceptors (Lipinski definition) is 8. The van der Waals surface area contributed by atoms with Gasteiger partial charge in [0.05, 0.1) is 31.1 Å². The Morgan fingerprint density at radius 3 is 2.79 bits per heavy atom. The van der Waals surface area contributed by atoms with Crippen LogP contribution in [0.25, 0.3) is 5.00 Å². The summed E-state index contributed by atoms with van der Waals surface area (Å²) in [5.41, 5.74) is 0.875. The average Bonchev–Trinajstić information content (AvgIpc) is 3.31. The first-order valence-electron chi connectivity index (χ1n) is 10.7. The molecule has 0 saturated heterocycles. The van der Waals surface area contributed by atoms with Gasteiger partial charge in [-0.3, -0.25) is 9.79 Å². The lowest BCUT2D eigenvalue weighted by atomic mass is 9.99. The van der Waals surface area contributed by atoms with Gasteiger partial charge in [0.25, 0.3) is 5.91 Å². The van der Waals surface area contributed by atoms with E-state index < -0.39 is 23.6 Å². The van der Waals surface area contributed by atoms with Crippen molar-refractivity contribution in [2.24, 2.45) is 4.99 Å². The summed E-state index contributed by atoms with van der Waals surface area (Å²) in [6.07, 6.45) is -0.233. The summed E-state index contributed by atoms with van der Waals surface area (Å²) in [7, 11) is 0. The third-order valence-corrected chi connectivity index (χ3v) is 6.51. The predicted octanol–water partition coefficient (Wildman–Crippen LogP) is 2.54. The molecule has 0 bridgehead atoms. The van der Waals surface area contributed by atoms with Crippen LogP contribution in [0.5, 0.6) is 5.06 Å². The van der Waals surface area contributed by atoms with Crippen molar-refractivity contribution in [2.75, 3.05) is 19.8 Å². The number of carbonyl (C=O) groups is 1. The summed E-state index contributed by atoms with van der Waals surface area (Å²) in [5, 5.41) is 16.9. The molecule has 5 rings (SSSR count). The number of carbonyl (C=O) groups excluding carboxylic acids is 1. The maximum atomic E-state index is 14.9. The van der Waals surface area contributed by atoms with Gasteiger partial charge >= 0.3 is 0 Å². The van der Waals surface area contributed by atoms with Crippen LogP contribution < -0.4 is 10.1 Å². The summed E-state index contributed by atoms with van der Waals surface area (Å²) < 4.78 is 43.1. The van der Waals surface area contributed by atoms with Gasteiger partial charge in [-0.25, -0.2) is 18.4 Å². The molecule has 2 N–H and O–H groups in total. The number of aliphatic imine (C=N–C) groups is 1. The van der Waals surface area contributed by atoms with Crippen LogP contribution in [0.15, 0.2) is 23.2 Å². The van der Waals surface area contributed by atoms with Crippen molar-refractivity contribution in [1.82, 2.24) is 20.1 Å². The molecule has 0 radical (unpaired) electrons. The van der Waals surface area contributed by atoms with Gasteiger partial charge in [0.2, 0.25) is 5.82 Å². The van der Waals surface area contributed by atoms with Gasteiger partial charge in [0, 0.05) is 17.7 Å². The Morgan fingerprint density at radius 1 is 1.29 bits per heavy atom. The number of aromatic nitrogens is 3. The fourth-order valence-electron chi connectivity index (χ4n) is 3.91. The number of benzene rings is 1. The van der Waals surface area contributed by atoms with Gasteiger partial charge in [0.15, 0.2) is 10.9 Å². The molecule has 12 heteroatoms. The minimum Gasteiger partial charge on any atom is -0.478 e. The number of halogens is 2. The summed E-state index contributed by atoms with van der Waals surface area (Å²) in [4.78, 5) is 21.5. The molecule has 0 saturated carbocycles. The standard InChI is InChI=1S/C22H21F2N5O4S/c1-10-8-32-9-12-15-17(16-13(23)4-3-5-14(16)24)26-11(2)19-27-18(20(31)25-6-7-30)28-29(19)21(15)34-22(12)33-10/h3-5,10-11,30H,6-9H2,1-2H3,(H,25,31)/t10-,11-/m0/s1. The van der Waals surface area contributed by atoms with Crippen molar-refractivity contribution >= 4 is 23.0 Å². The average molecular weight is 490 g/mol. The molecular formula is C22H21F2N5O4S. The Morgan fingerprint density at radius 2 is 2.06 bits per heavy atom. The van der Waals surface area contributed by atoms with Gasteiger partial charge < -0.3 is 19.9 Å². The number of thiophene rings is 1. The van der Waals surface area contributed by atoms with Gasteiger partial charge in [0.1, 0.15) is 28.8 Å². The number of amides is 1. The third kappa shape index (κ3) is 3.77. The molecule has 2 aliphatic heterocycles. The zero-order chi connectivity index (χ0) is 24.0. The lowest BCUT2D eigenvalue weighted by Gasteiger charge is -2.12. The van der Waals surface area contributed by atoms with Crippen LogP contribution in [0, 0.1) is 11.6 Å². The minimum absolute atomic E-state index is 0.0503. The maximum Gasteiger partial charge on any atom is 0.291 e. The number of aliphatic hydroxyl groups excluding tert-OH is 1. The van der Waals surface area contributed by atoms with Crippen molar-refractivity contribution < 1.29 is 28.2 Å². The topological polar surface area (TPSA) is 111 Å². The van der Waals surface area contributed by atoms with Crippen LogP contribution in [0.3, 0.4) is 0 Å². The number of nitrogens with one attached hydrogen (secondary N) is 1. The number of rotatable bonds is 4. The Hall–Kier alpha value is -3.22. The van der Waals surface area contributed by atoms with Crippen molar-refractivity contribution in [3.63, 3.8) is 0 Å². The quantitative estimate of drug-likeness (QED) is 0.583. The second-order valence-corrected chi connectivity index (χ2v) is 8.89. The van der Waals surface area contributed by atoms with Crippen molar-refractivity contribution in [3.05, 3.63) is 58.2 Å². The molecule has 0 fully saturated rings. The van der Waals surface area contributed by atoms with E-state index in [1.165, 1.54) is 34.2 Å².